The first kappa shape index (κ1) is 32.7. The molecule has 2 aliphatic rings. The van der Waals surface area contributed by atoms with Gasteiger partial charge in [-0.1, -0.05) is 0 Å². The SMILES string of the molecule is C[C@@H](O)[C@H]1C(=O)N2C(C(=O)OCc3ccc([N+](=O)[O-])cc3)=CC=C(S(=O)(=O)CCNC(=O)OCc3ccc([N+](=O)[O-])cc3)C[C@H]12. The Labute approximate surface area is 256 Å². The zero-order valence-electron chi connectivity index (χ0n) is 23.7. The predicted molar refractivity (Wildman–Crippen MR) is 155 cm³/mol. The number of sulfone groups is 1. The molecule has 2 N–H and O–H groups in total. The molecule has 2 aromatic rings. The summed E-state index contributed by atoms with van der Waals surface area (Å²) < 4.78 is 36.7. The van der Waals surface area contributed by atoms with Gasteiger partial charge in [0, 0.05) is 42.1 Å². The van der Waals surface area contributed by atoms with Crippen LogP contribution in [-0.2, 0) is 42.1 Å². The second-order valence-corrected chi connectivity index (χ2v) is 12.3. The number of allylic oxidation sites excluding steroid dienone is 2. The van der Waals surface area contributed by atoms with Crippen LogP contribution >= 0.6 is 0 Å². The number of carbonyl (C=O) groups is 3. The minimum atomic E-state index is -4.03. The van der Waals surface area contributed by atoms with Crippen LogP contribution in [0.5, 0.6) is 0 Å². The largest absolute Gasteiger partial charge is 0.456 e. The van der Waals surface area contributed by atoms with E-state index < -0.39 is 61.5 Å². The van der Waals surface area contributed by atoms with E-state index in [1.807, 2.05) is 0 Å². The van der Waals surface area contributed by atoms with E-state index in [0.717, 1.165) is 11.0 Å². The van der Waals surface area contributed by atoms with Gasteiger partial charge in [-0.2, -0.15) is 0 Å². The fraction of sp³-hybridized carbons (Fsp3) is 0.321. The number of carbonyl (C=O) groups excluding carboxylic acids is 3. The Morgan fingerprint density at radius 3 is 2.02 bits per heavy atom. The van der Waals surface area contributed by atoms with E-state index in [4.69, 9.17) is 9.47 Å². The van der Waals surface area contributed by atoms with Gasteiger partial charge >= 0.3 is 12.1 Å². The van der Waals surface area contributed by atoms with Crippen molar-refractivity contribution in [2.45, 2.75) is 38.7 Å². The third-order valence-corrected chi connectivity index (χ3v) is 9.01. The number of fused-ring (bicyclic) bond motifs is 1. The molecule has 2 aliphatic heterocycles. The molecule has 2 heterocycles. The average Bonchev–Trinajstić information content (AvgIpc) is 3.16. The van der Waals surface area contributed by atoms with Crippen LogP contribution in [0.1, 0.15) is 24.5 Å². The summed E-state index contributed by atoms with van der Waals surface area (Å²) in [5.74, 6) is -3.04. The number of benzene rings is 2. The second kappa shape index (κ2) is 13.6. The van der Waals surface area contributed by atoms with Crippen LogP contribution in [0.15, 0.2) is 71.3 Å². The Hall–Kier alpha value is -5.16. The van der Waals surface area contributed by atoms with Crippen molar-refractivity contribution in [3.63, 3.8) is 0 Å². The normalized spacial score (nSPS) is 18.3. The lowest BCUT2D eigenvalue weighted by atomic mass is 9.81. The maximum absolute atomic E-state index is 13.2. The summed E-state index contributed by atoms with van der Waals surface area (Å²) in [5, 5.41) is 34.1. The van der Waals surface area contributed by atoms with Gasteiger partial charge in [0.1, 0.15) is 18.9 Å². The zero-order chi connectivity index (χ0) is 32.9. The predicted octanol–water partition coefficient (Wildman–Crippen LogP) is 2.27. The second-order valence-electron chi connectivity index (χ2n) is 10.2. The number of nitro benzene ring substituents is 2. The van der Waals surface area contributed by atoms with E-state index in [2.05, 4.69) is 5.32 Å². The lowest BCUT2D eigenvalue weighted by Gasteiger charge is -2.48. The van der Waals surface area contributed by atoms with Crippen molar-refractivity contribution in [1.82, 2.24) is 10.2 Å². The number of hydrogen-bond acceptors (Lipinski definition) is 12. The number of hydrogen-bond donors (Lipinski definition) is 2. The number of non-ortho nitro benzene ring substituents is 2. The highest BCUT2D eigenvalue weighted by Gasteiger charge is 2.53. The molecule has 17 heteroatoms. The lowest BCUT2D eigenvalue weighted by molar-refractivity contribution is -0.385. The van der Waals surface area contributed by atoms with Crippen molar-refractivity contribution in [2.75, 3.05) is 12.3 Å². The van der Waals surface area contributed by atoms with Crippen LogP contribution in [0.25, 0.3) is 0 Å². The number of aliphatic hydroxyl groups is 1. The number of β-lactam (4-membered cyclic amide) rings is 1. The summed E-state index contributed by atoms with van der Waals surface area (Å²) in [6.07, 6.45) is 0.0681. The van der Waals surface area contributed by atoms with Crippen LogP contribution in [-0.4, -0.2) is 70.7 Å². The molecule has 1 fully saturated rings. The standard InChI is InChI=1S/C28H28N4O12S/c1-17(33)25-24-14-22(45(41,42)13-12-29-28(36)44-16-19-4-8-21(9-5-19)32(39)40)10-11-23(30(24)26(25)34)27(35)43-15-18-2-6-20(7-3-18)31(37)38/h2-11,17,24-25,33H,12-16H2,1H3,(H,29,36)/t17-,24-,25-/m1/s1. The molecule has 16 nitrogen and oxygen atoms in total. The molecule has 0 aliphatic carbocycles. The summed E-state index contributed by atoms with van der Waals surface area (Å²) in [4.78, 5) is 59.4. The van der Waals surface area contributed by atoms with Crippen LogP contribution in [0, 0.1) is 26.1 Å². The topological polar surface area (TPSA) is 226 Å². The van der Waals surface area contributed by atoms with Crippen molar-refractivity contribution in [2.24, 2.45) is 5.92 Å². The first-order valence-corrected chi connectivity index (χ1v) is 15.1. The van der Waals surface area contributed by atoms with Crippen molar-refractivity contribution in [3.05, 3.63) is 103 Å². The van der Waals surface area contributed by atoms with Gasteiger partial charge in [0.15, 0.2) is 9.84 Å². The number of nitro groups is 2. The average molecular weight is 645 g/mol. The first-order chi connectivity index (χ1) is 21.3. The molecule has 0 radical (unpaired) electrons. The highest BCUT2D eigenvalue weighted by atomic mass is 32.2. The lowest BCUT2D eigenvalue weighted by Crippen LogP contribution is -2.64. The van der Waals surface area contributed by atoms with Crippen LogP contribution < -0.4 is 5.32 Å². The summed E-state index contributed by atoms with van der Waals surface area (Å²) in [6, 6.07) is 9.75. The quantitative estimate of drug-likeness (QED) is 0.147. The summed E-state index contributed by atoms with van der Waals surface area (Å²) >= 11 is 0. The molecule has 2 amide bonds. The molecule has 2 aromatic carbocycles. The van der Waals surface area contributed by atoms with Crippen molar-refractivity contribution >= 4 is 39.2 Å². The van der Waals surface area contributed by atoms with Gasteiger partial charge in [0.2, 0.25) is 5.91 Å². The molecule has 0 bridgehead atoms. The van der Waals surface area contributed by atoms with Crippen molar-refractivity contribution in [3.8, 4) is 0 Å². The van der Waals surface area contributed by atoms with Gasteiger partial charge in [0.25, 0.3) is 11.4 Å². The number of aliphatic hydroxyl groups excluding tert-OH is 1. The summed E-state index contributed by atoms with van der Waals surface area (Å²) in [6.45, 7) is 0.564. The maximum Gasteiger partial charge on any atom is 0.407 e. The molecule has 0 spiro atoms. The summed E-state index contributed by atoms with van der Waals surface area (Å²) in [5.41, 5.74) is 0.406. The highest BCUT2D eigenvalue weighted by Crippen LogP contribution is 2.40. The fourth-order valence-corrected chi connectivity index (χ4v) is 6.14. The number of amides is 2. The molecule has 45 heavy (non-hydrogen) atoms. The minimum Gasteiger partial charge on any atom is -0.456 e. The van der Waals surface area contributed by atoms with Gasteiger partial charge < -0.3 is 24.8 Å². The van der Waals surface area contributed by atoms with E-state index >= 15 is 0 Å². The molecule has 1 saturated heterocycles. The van der Waals surface area contributed by atoms with Crippen molar-refractivity contribution < 1.29 is 47.2 Å². The molecule has 238 valence electrons. The summed E-state index contributed by atoms with van der Waals surface area (Å²) in [7, 11) is -4.03. The van der Waals surface area contributed by atoms with Crippen molar-refractivity contribution in [1.29, 1.82) is 0 Å². The third kappa shape index (κ3) is 7.68. The monoisotopic (exact) mass is 644 g/mol. The highest BCUT2D eigenvalue weighted by molar-refractivity contribution is 7.95. The number of alkyl carbamates (subject to hydrolysis) is 1. The Bertz CT molecular complexity index is 1670. The molecular weight excluding hydrogens is 616 g/mol. The molecule has 4 rings (SSSR count). The van der Waals surface area contributed by atoms with Gasteiger partial charge in [0.05, 0.1) is 33.7 Å². The van der Waals surface area contributed by atoms with E-state index in [0.29, 0.717) is 11.1 Å². The van der Waals surface area contributed by atoms with Crippen LogP contribution in [0.2, 0.25) is 0 Å². The number of nitrogens with zero attached hydrogens (tertiary/aromatic N) is 3. The number of ether oxygens (including phenoxy) is 2. The minimum absolute atomic E-state index is 0.128. The molecule has 3 atom stereocenters. The van der Waals surface area contributed by atoms with Gasteiger partial charge in [-0.3, -0.25) is 25.0 Å². The molecule has 0 unspecified atom stereocenters. The molecule has 0 aromatic heterocycles. The number of nitrogens with one attached hydrogen (secondary N) is 1. The molecule has 0 saturated carbocycles. The zero-order valence-corrected chi connectivity index (χ0v) is 24.5. The number of rotatable bonds is 12. The Kier molecular flexibility index (Phi) is 9.93. The van der Waals surface area contributed by atoms with Crippen LogP contribution in [0.4, 0.5) is 16.2 Å². The first-order valence-electron chi connectivity index (χ1n) is 13.5. The maximum atomic E-state index is 13.2. The Morgan fingerprint density at radius 1 is 0.978 bits per heavy atom. The number of esters is 1. The Morgan fingerprint density at radius 2 is 1.51 bits per heavy atom. The van der Waals surface area contributed by atoms with E-state index in [1.54, 1.807) is 0 Å². The van der Waals surface area contributed by atoms with E-state index in [9.17, 15) is 48.1 Å². The third-order valence-electron chi connectivity index (χ3n) is 7.17. The molecular formula is C28H28N4O12S. The van der Waals surface area contributed by atoms with Gasteiger partial charge in [-0.25, -0.2) is 18.0 Å². The van der Waals surface area contributed by atoms with Gasteiger partial charge in [-0.05, 0) is 54.5 Å². The van der Waals surface area contributed by atoms with E-state index in [1.165, 1.54) is 61.5 Å². The van der Waals surface area contributed by atoms with Gasteiger partial charge in [-0.15, -0.1) is 0 Å². The van der Waals surface area contributed by atoms with E-state index in [-0.39, 0.29) is 48.2 Å². The fourth-order valence-electron chi connectivity index (χ4n) is 4.80. The smallest absolute Gasteiger partial charge is 0.407 e. The Balaban J connectivity index is 1.39. The van der Waals surface area contributed by atoms with Crippen LogP contribution in [0.3, 0.4) is 0 Å².